The molecule has 0 bridgehead atoms. The number of nitrogens with one attached hydrogen (secondary N) is 1. The van der Waals surface area contributed by atoms with Gasteiger partial charge in [0.15, 0.2) is 0 Å². The number of hydrogen-bond acceptors (Lipinski definition) is 4. The van der Waals surface area contributed by atoms with Gasteiger partial charge >= 0.3 is 5.76 Å². The van der Waals surface area contributed by atoms with Crippen molar-refractivity contribution in [3.8, 4) is 22.6 Å². The summed E-state index contributed by atoms with van der Waals surface area (Å²) in [5.41, 5.74) is 5.12. The standard InChI is InChI=1S/C17H17N3O2/c1-11-14(12-7-9-13(18-2)10-8-12)5-4-6-15(11)16-19-20(3)17(21)22-16/h4-10,18H,1-3H3. The monoisotopic (exact) mass is 295 g/mol. The summed E-state index contributed by atoms with van der Waals surface area (Å²) >= 11 is 0. The van der Waals surface area contributed by atoms with E-state index in [2.05, 4.69) is 22.5 Å². The first kappa shape index (κ1) is 14.1. The second-order valence-corrected chi connectivity index (χ2v) is 5.10. The summed E-state index contributed by atoms with van der Waals surface area (Å²) in [5.74, 6) is -0.114. The number of hydrogen-bond donors (Lipinski definition) is 1. The molecule has 1 heterocycles. The molecule has 3 rings (SSSR count). The fraction of sp³-hybridized carbons (Fsp3) is 0.176. The average Bonchev–Trinajstić information content (AvgIpc) is 2.87. The van der Waals surface area contributed by atoms with Crippen molar-refractivity contribution in [2.75, 3.05) is 12.4 Å². The van der Waals surface area contributed by atoms with Gasteiger partial charge in [-0.3, -0.25) is 0 Å². The highest BCUT2D eigenvalue weighted by Crippen LogP contribution is 2.31. The first-order chi connectivity index (χ1) is 10.6. The maximum absolute atomic E-state index is 11.5. The van der Waals surface area contributed by atoms with Crippen LogP contribution < -0.4 is 11.1 Å². The van der Waals surface area contributed by atoms with Crippen molar-refractivity contribution in [3.63, 3.8) is 0 Å². The van der Waals surface area contributed by atoms with Gasteiger partial charge in [0.05, 0.1) is 0 Å². The number of benzene rings is 2. The highest BCUT2D eigenvalue weighted by Gasteiger charge is 2.13. The van der Waals surface area contributed by atoms with Crippen LogP contribution >= 0.6 is 0 Å². The Morgan fingerprint density at radius 2 is 1.77 bits per heavy atom. The Morgan fingerprint density at radius 3 is 2.36 bits per heavy atom. The molecule has 0 aliphatic rings. The van der Waals surface area contributed by atoms with E-state index in [-0.39, 0.29) is 0 Å². The van der Waals surface area contributed by atoms with Gasteiger partial charge in [0.25, 0.3) is 0 Å². The first-order valence-corrected chi connectivity index (χ1v) is 7.02. The van der Waals surface area contributed by atoms with Gasteiger partial charge in [0.1, 0.15) is 0 Å². The molecule has 1 N–H and O–H groups in total. The average molecular weight is 295 g/mol. The second-order valence-electron chi connectivity index (χ2n) is 5.10. The SMILES string of the molecule is CNc1ccc(-c2cccc(-c3nn(C)c(=O)o3)c2C)cc1. The quantitative estimate of drug-likeness (QED) is 0.806. The molecule has 0 aliphatic carbocycles. The van der Waals surface area contributed by atoms with Crippen LogP contribution in [0, 0.1) is 6.92 Å². The van der Waals surface area contributed by atoms with Crippen molar-refractivity contribution in [2.45, 2.75) is 6.92 Å². The largest absolute Gasteiger partial charge is 0.437 e. The molecule has 2 aromatic carbocycles. The van der Waals surface area contributed by atoms with Gasteiger partial charge in [-0.05, 0) is 41.8 Å². The van der Waals surface area contributed by atoms with E-state index < -0.39 is 5.76 Å². The van der Waals surface area contributed by atoms with Gasteiger partial charge in [0.2, 0.25) is 5.89 Å². The zero-order valence-corrected chi connectivity index (χ0v) is 12.8. The third-order valence-corrected chi connectivity index (χ3v) is 3.74. The Balaban J connectivity index is 2.10. The Bertz CT molecular complexity index is 860. The lowest BCUT2D eigenvalue weighted by Gasteiger charge is -2.10. The van der Waals surface area contributed by atoms with Gasteiger partial charge < -0.3 is 9.73 Å². The van der Waals surface area contributed by atoms with Crippen molar-refractivity contribution in [3.05, 3.63) is 58.6 Å². The van der Waals surface area contributed by atoms with E-state index in [9.17, 15) is 4.79 Å². The Kier molecular flexibility index (Phi) is 3.55. The summed E-state index contributed by atoms with van der Waals surface area (Å²) in [6.07, 6.45) is 0. The maximum Gasteiger partial charge on any atom is 0.437 e. The smallest absolute Gasteiger partial charge is 0.388 e. The Labute approximate surface area is 128 Å². The number of anilines is 1. The van der Waals surface area contributed by atoms with Crippen LogP contribution in [0.2, 0.25) is 0 Å². The van der Waals surface area contributed by atoms with Crippen LogP contribution in [0.1, 0.15) is 5.56 Å². The van der Waals surface area contributed by atoms with Crippen molar-refractivity contribution >= 4 is 5.69 Å². The van der Waals surface area contributed by atoms with Gasteiger partial charge in [-0.25, -0.2) is 4.79 Å². The molecule has 1 aromatic heterocycles. The van der Waals surface area contributed by atoms with Crippen molar-refractivity contribution in [1.29, 1.82) is 0 Å². The second kappa shape index (κ2) is 5.52. The van der Waals surface area contributed by atoms with Gasteiger partial charge in [-0.2, -0.15) is 4.68 Å². The minimum absolute atomic E-state index is 0.346. The van der Waals surface area contributed by atoms with Crippen molar-refractivity contribution < 1.29 is 4.42 Å². The van der Waals surface area contributed by atoms with Crippen LogP contribution in [0.25, 0.3) is 22.6 Å². The third-order valence-electron chi connectivity index (χ3n) is 3.74. The van der Waals surface area contributed by atoms with Crippen LogP contribution in [0.5, 0.6) is 0 Å². The van der Waals surface area contributed by atoms with E-state index in [0.29, 0.717) is 5.89 Å². The van der Waals surface area contributed by atoms with Crippen LogP contribution in [0.15, 0.2) is 51.7 Å². The molecule has 0 aliphatic heterocycles. The first-order valence-electron chi connectivity index (χ1n) is 7.02. The number of aryl methyl sites for hydroxylation is 1. The van der Waals surface area contributed by atoms with E-state index in [4.69, 9.17) is 4.42 Å². The number of rotatable bonds is 3. The van der Waals surface area contributed by atoms with Gasteiger partial charge in [-0.1, -0.05) is 24.3 Å². The van der Waals surface area contributed by atoms with E-state index in [1.54, 1.807) is 7.05 Å². The van der Waals surface area contributed by atoms with E-state index in [1.807, 2.05) is 44.3 Å². The zero-order chi connectivity index (χ0) is 15.7. The fourth-order valence-electron chi connectivity index (χ4n) is 2.45. The molecule has 22 heavy (non-hydrogen) atoms. The van der Waals surface area contributed by atoms with Gasteiger partial charge in [-0.15, -0.1) is 5.10 Å². The number of aromatic nitrogens is 2. The molecular formula is C17H17N3O2. The topological polar surface area (TPSA) is 60.1 Å². The molecule has 5 heteroatoms. The molecule has 0 saturated heterocycles. The minimum atomic E-state index is -0.460. The predicted molar refractivity (Wildman–Crippen MR) is 86.9 cm³/mol. The molecule has 0 atom stereocenters. The molecule has 5 nitrogen and oxygen atoms in total. The highest BCUT2D eigenvalue weighted by molar-refractivity contribution is 5.76. The van der Waals surface area contributed by atoms with Crippen molar-refractivity contribution in [1.82, 2.24) is 9.78 Å². The molecule has 0 radical (unpaired) electrons. The molecule has 0 amide bonds. The summed E-state index contributed by atoms with van der Waals surface area (Å²) in [4.78, 5) is 11.5. The maximum atomic E-state index is 11.5. The summed E-state index contributed by atoms with van der Waals surface area (Å²) in [5, 5.41) is 7.23. The fourth-order valence-corrected chi connectivity index (χ4v) is 2.45. The molecular weight excluding hydrogens is 278 g/mol. The van der Waals surface area contributed by atoms with Crippen LogP contribution in [0.3, 0.4) is 0 Å². The molecule has 0 fully saturated rings. The lowest BCUT2D eigenvalue weighted by Crippen LogP contribution is -2.09. The summed E-state index contributed by atoms with van der Waals surface area (Å²) in [6.45, 7) is 2.01. The van der Waals surface area contributed by atoms with Crippen LogP contribution in [-0.2, 0) is 7.05 Å². The van der Waals surface area contributed by atoms with Crippen LogP contribution in [0.4, 0.5) is 5.69 Å². The predicted octanol–water partition coefficient (Wildman–Crippen LogP) is 3.06. The lowest BCUT2D eigenvalue weighted by molar-refractivity contribution is 0.505. The molecule has 0 unspecified atom stereocenters. The van der Waals surface area contributed by atoms with Gasteiger partial charge in [0, 0.05) is 25.3 Å². The van der Waals surface area contributed by atoms with Crippen molar-refractivity contribution in [2.24, 2.45) is 7.05 Å². The Hall–Kier alpha value is -2.82. The summed E-state index contributed by atoms with van der Waals surface area (Å²) in [6, 6.07) is 14.1. The normalized spacial score (nSPS) is 10.7. The van der Waals surface area contributed by atoms with Crippen LogP contribution in [-0.4, -0.2) is 16.8 Å². The molecule has 0 saturated carbocycles. The summed E-state index contributed by atoms with van der Waals surface area (Å²) in [7, 11) is 3.47. The van der Waals surface area contributed by atoms with E-state index in [0.717, 1.165) is 27.9 Å². The highest BCUT2D eigenvalue weighted by atomic mass is 16.4. The lowest BCUT2D eigenvalue weighted by atomic mass is 9.96. The molecule has 112 valence electrons. The van der Waals surface area contributed by atoms with E-state index in [1.165, 1.54) is 4.68 Å². The number of nitrogens with zero attached hydrogens (tertiary/aromatic N) is 2. The minimum Gasteiger partial charge on any atom is -0.388 e. The molecule has 0 spiro atoms. The summed E-state index contributed by atoms with van der Waals surface area (Å²) < 4.78 is 6.39. The molecule has 3 aromatic rings. The van der Waals surface area contributed by atoms with E-state index >= 15 is 0 Å². The Morgan fingerprint density at radius 1 is 1.09 bits per heavy atom. The zero-order valence-electron chi connectivity index (χ0n) is 12.8. The third kappa shape index (κ3) is 2.41.